The molecule has 1 atom stereocenters. The number of rotatable bonds is 28. The SMILES string of the molecule is CCCCCCCCCCCCCCCCCCNC(=O)OCC(CNS(=O)(=O)CCC[N+](C)(C)C)Oc1ccon1. The van der Waals surface area contributed by atoms with Crippen molar-refractivity contribution in [3.8, 4) is 5.88 Å². The van der Waals surface area contributed by atoms with Crippen molar-refractivity contribution in [1.82, 2.24) is 15.2 Å². The highest BCUT2D eigenvalue weighted by Gasteiger charge is 2.20. The third-order valence-corrected chi connectivity index (χ3v) is 8.61. The lowest BCUT2D eigenvalue weighted by atomic mass is 10.0. The number of nitrogens with one attached hydrogen (secondary N) is 2. The maximum atomic E-state index is 12.4. The van der Waals surface area contributed by atoms with Gasteiger partial charge in [-0.05, 0) is 11.6 Å². The number of carbonyl (C=O) groups excluding carboxylic acids is 1. The Morgan fingerprint density at radius 2 is 1.43 bits per heavy atom. The van der Waals surface area contributed by atoms with Gasteiger partial charge in [-0.3, -0.25) is 0 Å². The summed E-state index contributed by atoms with van der Waals surface area (Å²) in [6.07, 6.45) is 21.5. The Kier molecular flexibility index (Phi) is 21.4. The number of carbonyl (C=O) groups is 1. The van der Waals surface area contributed by atoms with Gasteiger partial charge in [0.2, 0.25) is 10.0 Å². The van der Waals surface area contributed by atoms with E-state index in [1.54, 1.807) is 0 Å². The number of hydrogen-bond acceptors (Lipinski definition) is 7. The number of quaternary nitrogens is 1. The molecule has 2 N–H and O–H groups in total. The molecule has 0 saturated carbocycles. The number of unbranched alkanes of at least 4 members (excludes halogenated alkanes) is 15. The maximum absolute atomic E-state index is 12.4. The Morgan fingerprint density at radius 3 is 1.93 bits per heavy atom. The molecule has 0 aliphatic carbocycles. The summed E-state index contributed by atoms with van der Waals surface area (Å²) in [4.78, 5) is 12.2. The fraction of sp³-hybridized carbons (Fsp3) is 0.871. The van der Waals surface area contributed by atoms with E-state index in [0.717, 1.165) is 19.4 Å². The summed E-state index contributed by atoms with van der Waals surface area (Å²) in [7, 11) is 2.56. The number of amides is 1. The van der Waals surface area contributed by atoms with E-state index in [1.807, 2.05) is 21.1 Å². The molecule has 0 spiro atoms. The second-order valence-electron chi connectivity index (χ2n) is 12.4. The highest BCUT2D eigenvalue weighted by atomic mass is 32.2. The van der Waals surface area contributed by atoms with Crippen LogP contribution in [0.2, 0.25) is 0 Å². The smallest absolute Gasteiger partial charge is 0.407 e. The summed E-state index contributed by atoms with van der Waals surface area (Å²) in [5.74, 6) is 0.209. The zero-order valence-electron chi connectivity index (χ0n) is 27.0. The van der Waals surface area contributed by atoms with Crippen molar-refractivity contribution < 1.29 is 31.7 Å². The number of alkyl carbamates (subject to hydrolysis) is 1. The Morgan fingerprint density at radius 1 is 0.881 bits per heavy atom. The van der Waals surface area contributed by atoms with Crippen molar-refractivity contribution in [1.29, 1.82) is 0 Å². The van der Waals surface area contributed by atoms with E-state index in [-0.39, 0.29) is 24.8 Å². The van der Waals surface area contributed by atoms with Crippen molar-refractivity contribution in [2.24, 2.45) is 0 Å². The summed E-state index contributed by atoms with van der Waals surface area (Å²) in [6, 6.07) is 1.51. The van der Waals surface area contributed by atoms with Gasteiger partial charge in [0.1, 0.15) is 19.0 Å². The Balaban J connectivity index is 2.11. The Hall–Kier alpha value is -1.85. The predicted octanol–water partition coefficient (Wildman–Crippen LogP) is 6.43. The summed E-state index contributed by atoms with van der Waals surface area (Å²) in [6.45, 7) is 3.38. The predicted molar refractivity (Wildman–Crippen MR) is 169 cm³/mol. The Labute approximate surface area is 256 Å². The summed E-state index contributed by atoms with van der Waals surface area (Å²) in [5, 5.41) is 6.47. The fourth-order valence-corrected chi connectivity index (χ4v) is 5.77. The van der Waals surface area contributed by atoms with Gasteiger partial charge >= 0.3 is 6.09 Å². The maximum Gasteiger partial charge on any atom is 0.407 e. The molecule has 0 fully saturated rings. The molecular formula is C31H61N4O6S+. The molecule has 1 aromatic rings. The lowest BCUT2D eigenvalue weighted by molar-refractivity contribution is -0.870. The third-order valence-electron chi connectivity index (χ3n) is 7.17. The highest BCUT2D eigenvalue weighted by molar-refractivity contribution is 7.89. The van der Waals surface area contributed by atoms with Gasteiger partial charge in [0.25, 0.3) is 5.88 Å². The highest BCUT2D eigenvalue weighted by Crippen LogP contribution is 2.14. The van der Waals surface area contributed by atoms with Crippen LogP contribution in [-0.4, -0.2) is 83.4 Å². The first-order valence-corrected chi connectivity index (χ1v) is 18.0. The molecule has 1 unspecified atom stereocenters. The standard InChI is InChI=1S/C31H60N4O6S/c1-5-6-7-8-9-10-11-12-13-14-15-16-17-18-19-20-23-32-31(36)39-28-29(41-30-22-25-40-34-30)27-33-42(37,38)26-21-24-35(2,3)4/h22,25,29,33H,5-21,23-24,26-28H2,1-4H3/p+1. The molecule has 1 rings (SSSR count). The van der Waals surface area contributed by atoms with E-state index in [4.69, 9.17) is 14.0 Å². The average Bonchev–Trinajstić information content (AvgIpc) is 3.44. The largest absolute Gasteiger partial charge is 0.467 e. The van der Waals surface area contributed by atoms with Crippen LogP contribution >= 0.6 is 0 Å². The normalized spacial score (nSPS) is 12.8. The third kappa shape index (κ3) is 23.7. The molecule has 11 heteroatoms. The van der Waals surface area contributed by atoms with Crippen molar-refractivity contribution in [3.63, 3.8) is 0 Å². The first-order valence-electron chi connectivity index (χ1n) is 16.4. The van der Waals surface area contributed by atoms with Crippen LogP contribution in [-0.2, 0) is 14.8 Å². The van der Waals surface area contributed by atoms with E-state index in [9.17, 15) is 13.2 Å². The summed E-state index contributed by atoms with van der Waals surface area (Å²) < 4.78 is 43.8. The first-order chi connectivity index (χ1) is 20.1. The Bertz CT molecular complexity index is 874. The molecule has 0 aliphatic rings. The number of sulfonamides is 1. The van der Waals surface area contributed by atoms with Gasteiger partial charge < -0.3 is 23.8 Å². The quantitative estimate of drug-likeness (QED) is 0.0822. The topological polar surface area (TPSA) is 120 Å². The minimum Gasteiger partial charge on any atom is -0.467 e. The van der Waals surface area contributed by atoms with Crippen LogP contribution in [0.1, 0.15) is 116 Å². The van der Waals surface area contributed by atoms with Gasteiger partial charge in [-0.1, -0.05) is 103 Å². The monoisotopic (exact) mass is 617 g/mol. The van der Waals surface area contributed by atoms with E-state index >= 15 is 0 Å². The fourth-order valence-electron chi connectivity index (χ4n) is 4.67. The van der Waals surface area contributed by atoms with Gasteiger partial charge in [0.05, 0.1) is 40.0 Å². The van der Waals surface area contributed by atoms with Crippen LogP contribution in [0.4, 0.5) is 4.79 Å². The summed E-state index contributed by atoms with van der Waals surface area (Å²) in [5.41, 5.74) is 0. The van der Waals surface area contributed by atoms with E-state index in [1.165, 1.54) is 102 Å². The van der Waals surface area contributed by atoms with Crippen LogP contribution in [0, 0.1) is 0 Å². The van der Waals surface area contributed by atoms with Gasteiger partial charge in [0, 0.05) is 19.0 Å². The van der Waals surface area contributed by atoms with Crippen molar-refractivity contribution in [2.75, 3.05) is 53.1 Å². The lowest BCUT2D eigenvalue weighted by Crippen LogP contribution is -2.41. The molecule has 1 amide bonds. The zero-order chi connectivity index (χ0) is 30.9. The molecule has 0 aliphatic heterocycles. The lowest BCUT2D eigenvalue weighted by Gasteiger charge is -2.23. The molecule has 0 aromatic carbocycles. The number of nitrogens with zero attached hydrogens (tertiary/aromatic N) is 2. The molecule has 10 nitrogen and oxygen atoms in total. The van der Waals surface area contributed by atoms with Gasteiger partial charge in [-0.2, -0.15) is 0 Å². The van der Waals surface area contributed by atoms with Crippen molar-refractivity contribution in [3.05, 3.63) is 12.3 Å². The van der Waals surface area contributed by atoms with Crippen molar-refractivity contribution >= 4 is 16.1 Å². The second kappa shape index (κ2) is 23.6. The minimum atomic E-state index is -3.50. The van der Waals surface area contributed by atoms with E-state index in [2.05, 4.69) is 22.1 Å². The second-order valence-corrected chi connectivity index (χ2v) is 14.4. The molecule has 0 saturated heterocycles. The molecular weight excluding hydrogens is 556 g/mol. The van der Waals surface area contributed by atoms with Crippen LogP contribution in [0.25, 0.3) is 0 Å². The summed E-state index contributed by atoms with van der Waals surface area (Å²) >= 11 is 0. The average molecular weight is 618 g/mol. The number of aromatic nitrogens is 1. The number of ether oxygens (including phenoxy) is 2. The number of hydrogen-bond donors (Lipinski definition) is 2. The van der Waals surface area contributed by atoms with Gasteiger partial charge in [0.15, 0.2) is 0 Å². The first kappa shape index (κ1) is 38.2. The molecule has 42 heavy (non-hydrogen) atoms. The van der Waals surface area contributed by atoms with Gasteiger partial charge in [-0.15, -0.1) is 0 Å². The van der Waals surface area contributed by atoms with Crippen LogP contribution < -0.4 is 14.8 Å². The van der Waals surface area contributed by atoms with E-state index < -0.39 is 22.2 Å². The van der Waals surface area contributed by atoms with Gasteiger partial charge in [-0.25, -0.2) is 17.9 Å². The molecule has 0 bridgehead atoms. The van der Waals surface area contributed by atoms with Crippen LogP contribution in [0.15, 0.2) is 16.9 Å². The molecule has 246 valence electrons. The van der Waals surface area contributed by atoms with Crippen LogP contribution in [0.3, 0.4) is 0 Å². The molecule has 1 heterocycles. The van der Waals surface area contributed by atoms with Crippen molar-refractivity contribution in [2.45, 2.75) is 122 Å². The zero-order valence-corrected chi connectivity index (χ0v) is 27.9. The molecule has 0 radical (unpaired) electrons. The molecule has 1 aromatic heterocycles. The minimum absolute atomic E-state index is 0.0137. The van der Waals surface area contributed by atoms with E-state index in [0.29, 0.717) is 17.4 Å². The van der Waals surface area contributed by atoms with Crippen LogP contribution in [0.5, 0.6) is 5.88 Å².